The summed E-state index contributed by atoms with van der Waals surface area (Å²) in [4.78, 5) is 22.3. The molecule has 0 spiro atoms. The van der Waals surface area contributed by atoms with Crippen LogP contribution in [0.1, 0.15) is 15.9 Å². The maximum atomic E-state index is 12.2. The first kappa shape index (κ1) is 13.0. The molecule has 0 saturated carbocycles. The van der Waals surface area contributed by atoms with E-state index < -0.39 is 4.92 Å². The lowest BCUT2D eigenvalue weighted by molar-refractivity contribution is -0.384. The minimum Gasteiger partial charge on any atom is -0.398 e. The molecule has 0 aliphatic carbocycles. The predicted octanol–water partition coefficient (Wildman–Crippen LogP) is 3.06. The third-order valence-corrected chi connectivity index (χ3v) is 2.85. The summed E-state index contributed by atoms with van der Waals surface area (Å²) in [6.45, 7) is 0. The molecule has 0 radical (unpaired) electrons. The number of hydrogen-bond donors (Lipinski definition) is 1. The number of non-ortho nitro benzene ring substituents is 1. The molecule has 0 aromatic heterocycles. The van der Waals surface area contributed by atoms with Crippen LogP contribution in [0.15, 0.2) is 42.5 Å². The number of nitro groups is 1. The number of ketones is 1. The monoisotopic (exact) mass is 276 g/mol. The van der Waals surface area contributed by atoms with Crippen LogP contribution in [-0.4, -0.2) is 10.7 Å². The number of nitrogen functional groups attached to an aromatic ring is 1. The number of nitrogens with zero attached hydrogens (tertiary/aromatic N) is 1. The topological polar surface area (TPSA) is 86.2 Å². The molecular weight excluding hydrogens is 268 g/mol. The highest BCUT2D eigenvalue weighted by atomic mass is 35.5. The Hall–Kier alpha value is -2.40. The molecule has 6 heteroatoms. The van der Waals surface area contributed by atoms with Crippen molar-refractivity contribution in [2.75, 3.05) is 5.73 Å². The van der Waals surface area contributed by atoms with E-state index in [1.807, 2.05) is 0 Å². The number of hydrogen-bond acceptors (Lipinski definition) is 4. The van der Waals surface area contributed by atoms with Gasteiger partial charge in [-0.3, -0.25) is 14.9 Å². The van der Waals surface area contributed by atoms with E-state index in [-0.39, 0.29) is 22.7 Å². The Morgan fingerprint density at radius 3 is 2.37 bits per heavy atom. The molecule has 2 aromatic rings. The first-order valence-electron chi connectivity index (χ1n) is 5.33. The average Bonchev–Trinajstić information content (AvgIpc) is 2.39. The maximum absolute atomic E-state index is 12.2. The molecule has 2 rings (SSSR count). The number of benzene rings is 2. The van der Waals surface area contributed by atoms with Crippen LogP contribution in [0.5, 0.6) is 0 Å². The fourth-order valence-corrected chi connectivity index (χ4v) is 1.74. The molecule has 0 aliphatic heterocycles. The molecule has 2 aromatic carbocycles. The van der Waals surface area contributed by atoms with Gasteiger partial charge in [-0.15, -0.1) is 0 Å². The number of anilines is 1. The number of halogens is 1. The average molecular weight is 277 g/mol. The highest BCUT2D eigenvalue weighted by Crippen LogP contribution is 2.23. The van der Waals surface area contributed by atoms with Gasteiger partial charge in [-0.1, -0.05) is 11.6 Å². The Labute approximate surface area is 113 Å². The van der Waals surface area contributed by atoms with Crippen molar-refractivity contribution in [1.29, 1.82) is 0 Å². The summed E-state index contributed by atoms with van der Waals surface area (Å²) in [5, 5.41) is 11.2. The van der Waals surface area contributed by atoms with E-state index in [1.54, 1.807) is 24.3 Å². The number of rotatable bonds is 3. The fraction of sp³-hybridized carbons (Fsp3) is 0. The van der Waals surface area contributed by atoms with Gasteiger partial charge in [-0.05, 0) is 30.3 Å². The summed E-state index contributed by atoms with van der Waals surface area (Å²) in [6, 6.07) is 10.0. The zero-order valence-electron chi connectivity index (χ0n) is 9.67. The lowest BCUT2D eigenvalue weighted by Gasteiger charge is -2.05. The van der Waals surface area contributed by atoms with E-state index >= 15 is 0 Å². The standard InChI is InChI=1S/C13H9ClN2O3/c14-9-3-1-8(2-4-9)13(17)11-7-10(16(18)19)5-6-12(11)15/h1-7H,15H2. The Morgan fingerprint density at radius 2 is 1.79 bits per heavy atom. The van der Waals surface area contributed by atoms with Gasteiger partial charge < -0.3 is 5.73 Å². The van der Waals surface area contributed by atoms with E-state index in [0.29, 0.717) is 10.6 Å². The van der Waals surface area contributed by atoms with E-state index in [1.165, 1.54) is 18.2 Å². The quantitative estimate of drug-likeness (QED) is 0.404. The second-order valence-corrected chi connectivity index (χ2v) is 4.30. The van der Waals surface area contributed by atoms with Crippen molar-refractivity contribution < 1.29 is 9.72 Å². The van der Waals surface area contributed by atoms with Gasteiger partial charge in [0.15, 0.2) is 5.78 Å². The van der Waals surface area contributed by atoms with Crippen LogP contribution in [0.25, 0.3) is 0 Å². The third-order valence-electron chi connectivity index (χ3n) is 2.60. The normalized spacial score (nSPS) is 10.2. The molecule has 0 unspecified atom stereocenters. The van der Waals surface area contributed by atoms with Crippen LogP contribution < -0.4 is 5.73 Å². The molecule has 96 valence electrons. The summed E-state index contributed by atoms with van der Waals surface area (Å²) in [5.74, 6) is -0.377. The van der Waals surface area contributed by atoms with Gasteiger partial charge in [0, 0.05) is 28.4 Å². The van der Waals surface area contributed by atoms with Crippen molar-refractivity contribution in [3.63, 3.8) is 0 Å². The number of carbonyl (C=O) groups excluding carboxylic acids is 1. The molecule has 0 bridgehead atoms. The third kappa shape index (κ3) is 2.71. The van der Waals surface area contributed by atoms with Gasteiger partial charge in [-0.25, -0.2) is 0 Å². The van der Waals surface area contributed by atoms with Gasteiger partial charge >= 0.3 is 0 Å². The molecule has 0 amide bonds. The van der Waals surface area contributed by atoms with E-state index in [4.69, 9.17) is 17.3 Å². The molecular formula is C13H9ClN2O3. The summed E-state index contributed by atoms with van der Waals surface area (Å²) in [6.07, 6.45) is 0. The highest BCUT2D eigenvalue weighted by Gasteiger charge is 2.16. The van der Waals surface area contributed by atoms with Crippen molar-refractivity contribution in [2.45, 2.75) is 0 Å². The van der Waals surface area contributed by atoms with Crippen LogP contribution in [-0.2, 0) is 0 Å². The molecule has 0 heterocycles. The van der Waals surface area contributed by atoms with Crippen LogP contribution in [0, 0.1) is 10.1 Å². The van der Waals surface area contributed by atoms with Gasteiger partial charge in [0.1, 0.15) is 0 Å². The van der Waals surface area contributed by atoms with E-state index in [2.05, 4.69) is 0 Å². The second-order valence-electron chi connectivity index (χ2n) is 3.86. The molecule has 0 fully saturated rings. The second kappa shape index (κ2) is 5.07. The van der Waals surface area contributed by atoms with Crippen LogP contribution >= 0.6 is 11.6 Å². The van der Waals surface area contributed by atoms with Crippen LogP contribution in [0.2, 0.25) is 5.02 Å². The Bertz CT molecular complexity index is 653. The van der Waals surface area contributed by atoms with Crippen molar-refractivity contribution >= 4 is 28.8 Å². The molecule has 5 nitrogen and oxygen atoms in total. The number of carbonyl (C=O) groups is 1. The predicted molar refractivity (Wildman–Crippen MR) is 72.4 cm³/mol. The molecule has 0 aliphatic rings. The summed E-state index contributed by atoms with van der Waals surface area (Å²) >= 11 is 5.74. The SMILES string of the molecule is Nc1ccc([N+](=O)[O-])cc1C(=O)c1ccc(Cl)cc1. The maximum Gasteiger partial charge on any atom is 0.270 e. The smallest absolute Gasteiger partial charge is 0.270 e. The Balaban J connectivity index is 2.46. The Morgan fingerprint density at radius 1 is 1.16 bits per heavy atom. The molecule has 0 atom stereocenters. The largest absolute Gasteiger partial charge is 0.398 e. The van der Waals surface area contributed by atoms with Crippen LogP contribution in [0.4, 0.5) is 11.4 Å². The van der Waals surface area contributed by atoms with Crippen molar-refractivity contribution in [3.8, 4) is 0 Å². The van der Waals surface area contributed by atoms with Gasteiger partial charge in [0.2, 0.25) is 0 Å². The summed E-state index contributed by atoms with van der Waals surface area (Å²) in [7, 11) is 0. The van der Waals surface area contributed by atoms with Crippen molar-refractivity contribution in [2.24, 2.45) is 0 Å². The van der Waals surface area contributed by atoms with Crippen molar-refractivity contribution in [3.05, 3.63) is 68.7 Å². The molecule has 0 saturated heterocycles. The molecule has 2 N–H and O–H groups in total. The minimum atomic E-state index is -0.571. The summed E-state index contributed by atoms with van der Waals surface area (Å²) < 4.78 is 0. The minimum absolute atomic E-state index is 0.108. The number of nitrogens with two attached hydrogens (primary N) is 1. The zero-order chi connectivity index (χ0) is 14.0. The zero-order valence-corrected chi connectivity index (χ0v) is 10.4. The fourth-order valence-electron chi connectivity index (χ4n) is 1.61. The highest BCUT2D eigenvalue weighted by molar-refractivity contribution is 6.30. The van der Waals surface area contributed by atoms with E-state index in [0.717, 1.165) is 0 Å². The van der Waals surface area contributed by atoms with E-state index in [9.17, 15) is 14.9 Å². The lowest BCUT2D eigenvalue weighted by Crippen LogP contribution is -2.06. The Kier molecular flexibility index (Phi) is 3.48. The summed E-state index contributed by atoms with van der Waals surface area (Å²) in [5.41, 5.74) is 6.19. The molecule has 19 heavy (non-hydrogen) atoms. The first-order valence-corrected chi connectivity index (χ1v) is 5.71. The number of nitro benzene ring substituents is 1. The van der Waals surface area contributed by atoms with Crippen molar-refractivity contribution in [1.82, 2.24) is 0 Å². The van der Waals surface area contributed by atoms with Gasteiger partial charge in [-0.2, -0.15) is 0 Å². The van der Waals surface area contributed by atoms with Crippen LogP contribution in [0.3, 0.4) is 0 Å². The van der Waals surface area contributed by atoms with Gasteiger partial charge in [0.25, 0.3) is 5.69 Å². The lowest BCUT2D eigenvalue weighted by atomic mass is 10.0. The first-order chi connectivity index (χ1) is 8.99. The van der Waals surface area contributed by atoms with Gasteiger partial charge in [0.05, 0.1) is 10.5 Å².